The molecular formula is C12H7NO4. The van der Waals surface area contributed by atoms with E-state index in [2.05, 4.69) is 0 Å². The molecule has 1 N–H and O–H groups in total. The molecule has 0 radical (unpaired) electrons. The Morgan fingerprint density at radius 3 is 2.94 bits per heavy atom. The van der Waals surface area contributed by atoms with Crippen molar-refractivity contribution in [3.63, 3.8) is 0 Å². The molecule has 5 heteroatoms. The smallest absolute Gasteiger partial charge is 0.192 e. The zero-order valence-electron chi connectivity index (χ0n) is 8.58. The van der Waals surface area contributed by atoms with Crippen LogP contribution in [0.15, 0.2) is 35.0 Å². The number of nitrogens with zero attached hydrogens (tertiary/aromatic N) is 1. The number of pyridine rings is 1. The Balaban J connectivity index is 2.61. The molecular weight excluding hydrogens is 222 g/mol. The van der Waals surface area contributed by atoms with E-state index in [0.29, 0.717) is 32.9 Å². The summed E-state index contributed by atoms with van der Waals surface area (Å²) in [5.74, 6) is -0.0563. The molecule has 5 nitrogen and oxygen atoms in total. The van der Waals surface area contributed by atoms with Gasteiger partial charge in [0.05, 0.1) is 5.39 Å². The fourth-order valence-corrected chi connectivity index (χ4v) is 1.92. The summed E-state index contributed by atoms with van der Waals surface area (Å²) in [4.78, 5) is 11.0. The molecule has 84 valence electrons. The Morgan fingerprint density at radius 2 is 2.18 bits per heavy atom. The van der Waals surface area contributed by atoms with Gasteiger partial charge in [0, 0.05) is 17.0 Å². The number of aromatic hydroxyl groups is 1. The van der Waals surface area contributed by atoms with Crippen LogP contribution in [-0.4, -0.2) is 11.4 Å². The molecule has 0 aliphatic rings. The number of fused-ring (bicyclic) bond motifs is 3. The van der Waals surface area contributed by atoms with Crippen molar-refractivity contribution in [2.45, 2.75) is 0 Å². The number of carbonyl (C=O) groups excluding carboxylic acids is 1. The van der Waals surface area contributed by atoms with Gasteiger partial charge in [-0.1, -0.05) is 0 Å². The molecule has 0 aliphatic heterocycles. The largest absolute Gasteiger partial charge is 0.619 e. The molecule has 17 heavy (non-hydrogen) atoms. The molecule has 0 atom stereocenters. The van der Waals surface area contributed by atoms with Crippen molar-refractivity contribution in [3.05, 3.63) is 41.4 Å². The number of furan rings is 1. The van der Waals surface area contributed by atoms with E-state index in [9.17, 15) is 15.1 Å². The standard InChI is InChI=1S/C12H7NO4/c14-6-7-1-2-9(15)12-11(7)8-5-13(16)4-3-10(8)17-12/h1-6,15H. The maximum Gasteiger partial charge on any atom is 0.192 e. The molecule has 2 heterocycles. The van der Waals surface area contributed by atoms with Crippen LogP contribution in [0, 0.1) is 5.21 Å². The van der Waals surface area contributed by atoms with Gasteiger partial charge in [-0.25, -0.2) is 0 Å². The van der Waals surface area contributed by atoms with E-state index < -0.39 is 0 Å². The lowest BCUT2D eigenvalue weighted by Crippen LogP contribution is -2.23. The van der Waals surface area contributed by atoms with Crippen LogP contribution in [0.5, 0.6) is 5.75 Å². The first-order valence-corrected chi connectivity index (χ1v) is 4.93. The molecule has 0 fully saturated rings. The van der Waals surface area contributed by atoms with Gasteiger partial charge in [0.2, 0.25) is 0 Å². The minimum absolute atomic E-state index is 0.0563. The molecule has 1 aromatic carbocycles. The Labute approximate surface area is 95.1 Å². The van der Waals surface area contributed by atoms with Crippen molar-refractivity contribution >= 4 is 28.2 Å². The van der Waals surface area contributed by atoms with Crippen LogP contribution in [0.3, 0.4) is 0 Å². The number of benzene rings is 1. The fourth-order valence-electron chi connectivity index (χ4n) is 1.92. The van der Waals surface area contributed by atoms with Crippen LogP contribution in [-0.2, 0) is 0 Å². The van der Waals surface area contributed by atoms with Gasteiger partial charge in [0.15, 0.2) is 30.0 Å². The third-order valence-corrected chi connectivity index (χ3v) is 2.67. The maximum atomic E-state index is 11.2. The van der Waals surface area contributed by atoms with Crippen molar-refractivity contribution in [2.75, 3.05) is 0 Å². The van der Waals surface area contributed by atoms with E-state index in [1.807, 2.05) is 0 Å². The maximum absolute atomic E-state index is 11.2. The highest BCUT2D eigenvalue weighted by Crippen LogP contribution is 2.35. The van der Waals surface area contributed by atoms with Gasteiger partial charge in [0.25, 0.3) is 0 Å². The Hall–Kier alpha value is -2.56. The highest BCUT2D eigenvalue weighted by Gasteiger charge is 2.16. The summed E-state index contributed by atoms with van der Waals surface area (Å²) in [6.07, 6.45) is 3.27. The highest BCUT2D eigenvalue weighted by molar-refractivity contribution is 6.13. The second kappa shape index (κ2) is 3.21. The average Bonchev–Trinajstić information content (AvgIpc) is 2.70. The average molecular weight is 229 g/mol. The number of hydrogen-bond donors (Lipinski definition) is 1. The summed E-state index contributed by atoms with van der Waals surface area (Å²) >= 11 is 0. The van der Waals surface area contributed by atoms with E-state index >= 15 is 0 Å². The zero-order valence-corrected chi connectivity index (χ0v) is 8.58. The van der Waals surface area contributed by atoms with Crippen LogP contribution < -0.4 is 4.73 Å². The second-order valence-corrected chi connectivity index (χ2v) is 3.68. The Kier molecular flexibility index (Phi) is 1.82. The normalized spacial score (nSPS) is 11.1. The van der Waals surface area contributed by atoms with Crippen molar-refractivity contribution in [2.24, 2.45) is 0 Å². The highest BCUT2D eigenvalue weighted by atomic mass is 16.5. The summed E-state index contributed by atoms with van der Waals surface area (Å²) in [6.45, 7) is 0. The summed E-state index contributed by atoms with van der Waals surface area (Å²) in [7, 11) is 0. The lowest BCUT2D eigenvalue weighted by molar-refractivity contribution is -0.603. The van der Waals surface area contributed by atoms with Crippen molar-refractivity contribution < 1.29 is 19.0 Å². The van der Waals surface area contributed by atoms with Gasteiger partial charge in [-0.05, 0) is 12.1 Å². The van der Waals surface area contributed by atoms with E-state index in [-0.39, 0.29) is 11.3 Å². The molecule has 0 aliphatic carbocycles. The second-order valence-electron chi connectivity index (χ2n) is 3.68. The number of rotatable bonds is 1. The topological polar surface area (TPSA) is 77.4 Å². The van der Waals surface area contributed by atoms with Gasteiger partial charge in [-0.15, -0.1) is 0 Å². The van der Waals surface area contributed by atoms with E-state index in [1.54, 1.807) is 0 Å². The lowest BCUT2D eigenvalue weighted by Gasteiger charge is -1.96. The predicted molar refractivity (Wildman–Crippen MR) is 59.7 cm³/mol. The van der Waals surface area contributed by atoms with Crippen molar-refractivity contribution in [3.8, 4) is 5.75 Å². The lowest BCUT2D eigenvalue weighted by atomic mass is 10.1. The van der Waals surface area contributed by atoms with Gasteiger partial charge < -0.3 is 14.7 Å². The number of phenols is 1. The van der Waals surface area contributed by atoms with Crippen LogP contribution in [0.25, 0.3) is 21.9 Å². The Bertz CT molecular complexity index is 745. The Morgan fingerprint density at radius 1 is 1.35 bits per heavy atom. The molecule has 3 aromatic rings. The van der Waals surface area contributed by atoms with Gasteiger partial charge in [-0.3, -0.25) is 4.79 Å². The van der Waals surface area contributed by atoms with Crippen LogP contribution in [0.4, 0.5) is 0 Å². The minimum atomic E-state index is -0.0563. The summed E-state index contributed by atoms with van der Waals surface area (Å²) in [5, 5.41) is 21.9. The van der Waals surface area contributed by atoms with Crippen LogP contribution in [0.2, 0.25) is 0 Å². The summed E-state index contributed by atoms with van der Waals surface area (Å²) in [5.41, 5.74) is 1.05. The van der Waals surface area contributed by atoms with Crippen LogP contribution in [0.1, 0.15) is 10.4 Å². The van der Waals surface area contributed by atoms with Gasteiger partial charge in [0.1, 0.15) is 5.58 Å². The molecule has 0 saturated carbocycles. The third-order valence-electron chi connectivity index (χ3n) is 2.67. The number of hydrogen-bond acceptors (Lipinski definition) is 4. The molecule has 0 saturated heterocycles. The van der Waals surface area contributed by atoms with Crippen LogP contribution >= 0.6 is 0 Å². The molecule has 0 unspecified atom stereocenters. The number of phenolic OH excluding ortho intramolecular Hbond substituents is 1. The van der Waals surface area contributed by atoms with Crippen molar-refractivity contribution in [1.82, 2.24) is 0 Å². The first kappa shape index (κ1) is 9.65. The summed E-state index contributed by atoms with van der Waals surface area (Å²) < 4.78 is 6.04. The van der Waals surface area contributed by atoms with Crippen molar-refractivity contribution in [1.29, 1.82) is 0 Å². The quantitative estimate of drug-likeness (QED) is 0.391. The molecule has 2 aromatic heterocycles. The predicted octanol–water partition coefficient (Wildman–Crippen LogP) is 1.74. The van der Waals surface area contributed by atoms with E-state index in [1.165, 1.54) is 30.6 Å². The van der Waals surface area contributed by atoms with E-state index in [4.69, 9.17) is 4.42 Å². The first-order valence-electron chi connectivity index (χ1n) is 4.93. The van der Waals surface area contributed by atoms with Gasteiger partial charge >= 0.3 is 0 Å². The number of aromatic nitrogens is 1. The minimum Gasteiger partial charge on any atom is -0.619 e. The number of carbonyl (C=O) groups is 1. The third kappa shape index (κ3) is 1.25. The van der Waals surface area contributed by atoms with Gasteiger partial charge in [-0.2, -0.15) is 4.73 Å². The van der Waals surface area contributed by atoms with E-state index in [0.717, 1.165) is 0 Å². The number of aldehydes is 1. The summed E-state index contributed by atoms with van der Waals surface area (Å²) in [6, 6.07) is 4.37. The zero-order chi connectivity index (χ0) is 12.0. The molecule has 0 bridgehead atoms. The molecule has 0 amide bonds. The SMILES string of the molecule is O=Cc1ccc(O)c2oc3cc[n+]([O-])cc3c12. The molecule has 0 spiro atoms. The molecule has 3 rings (SSSR count). The fraction of sp³-hybridized carbons (Fsp3) is 0. The first-order chi connectivity index (χ1) is 8.20. The monoisotopic (exact) mass is 229 g/mol.